The molecule has 4 aromatic rings. The summed E-state index contributed by atoms with van der Waals surface area (Å²) in [6.45, 7) is 0. The topological polar surface area (TPSA) is 92.4 Å². The molecule has 0 bridgehead atoms. The smallest absolute Gasteiger partial charge is 0.357 e. The molecule has 3 aromatic carbocycles. The highest BCUT2D eigenvalue weighted by Gasteiger charge is 2.43. The van der Waals surface area contributed by atoms with E-state index in [0.717, 1.165) is 0 Å². The molecule has 0 aliphatic rings. The van der Waals surface area contributed by atoms with Gasteiger partial charge in [0.1, 0.15) is 5.54 Å². The van der Waals surface area contributed by atoms with Crippen LogP contribution < -0.4 is 0 Å². The van der Waals surface area contributed by atoms with E-state index in [-0.39, 0.29) is 0 Å². The molecule has 0 aliphatic heterocycles. The molecule has 0 amide bonds. The molecule has 0 spiro atoms. The fourth-order valence-corrected chi connectivity index (χ4v) is 4.24. The number of aromatic nitrogens is 2. The van der Waals surface area contributed by atoms with Gasteiger partial charge in [-0.2, -0.15) is 0 Å². The van der Waals surface area contributed by atoms with Gasteiger partial charge >= 0.3 is 11.9 Å². The van der Waals surface area contributed by atoms with Crippen LogP contribution in [0.2, 0.25) is 5.02 Å². The molecule has 1 heterocycles. The van der Waals surface area contributed by atoms with E-state index in [1.807, 2.05) is 60.7 Å². The van der Waals surface area contributed by atoms with Crippen LogP contribution in [0.1, 0.15) is 37.7 Å². The van der Waals surface area contributed by atoms with Crippen LogP contribution >= 0.6 is 11.6 Å². The third kappa shape index (κ3) is 3.27. The minimum Gasteiger partial charge on any atom is -0.476 e. The highest BCUT2D eigenvalue weighted by molar-refractivity contribution is 6.31. The summed E-state index contributed by atoms with van der Waals surface area (Å²) in [4.78, 5) is 28.0. The molecule has 0 saturated carbocycles. The summed E-state index contributed by atoms with van der Waals surface area (Å²) in [6, 6.07) is 25.5. The summed E-state index contributed by atoms with van der Waals surface area (Å²) in [6.07, 6.45) is 1.25. The van der Waals surface area contributed by atoms with Gasteiger partial charge in [-0.3, -0.25) is 0 Å². The van der Waals surface area contributed by atoms with Gasteiger partial charge in [-0.25, -0.2) is 14.6 Å². The number of halogens is 1. The van der Waals surface area contributed by atoms with Crippen molar-refractivity contribution < 1.29 is 19.8 Å². The Morgan fingerprint density at radius 1 is 0.774 bits per heavy atom. The van der Waals surface area contributed by atoms with Gasteiger partial charge in [-0.1, -0.05) is 90.5 Å². The van der Waals surface area contributed by atoms with Crippen LogP contribution in [-0.2, 0) is 5.54 Å². The van der Waals surface area contributed by atoms with Crippen LogP contribution in [0.4, 0.5) is 0 Å². The number of hydrogen-bond acceptors (Lipinski definition) is 3. The lowest BCUT2D eigenvalue weighted by Crippen LogP contribution is -2.39. The summed E-state index contributed by atoms with van der Waals surface area (Å²) in [7, 11) is 0. The molecule has 0 atom stereocenters. The molecule has 7 heteroatoms. The lowest BCUT2D eigenvalue weighted by molar-refractivity contribution is 0.0638. The van der Waals surface area contributed by atoms with Gasteiger partial charge in [-0.15, -0.1) is 0 Å². The van der Waals surface area contributed by atoms with E-state index in [1.54, 1.807) is 24.3 Å². The normalized spacial score (nSPS) is 11.3. The van der Waals surface area contributed by atoms with Gasteiger partial charge in [0.15, 0.2) is 11.4 Å². The Morgan fingerprint density at radius 3 is 1.77 bits per heavy atom. The molecule has 1 aromatic heterocycles. The number of nitrogens with zero attached hydrogens (tertiary/aromatic N) is 2. The Morgan fingerprint density at radius 2 is 1.29 bits per heavy atom. The average molecular weight is 433 g/mol. The largest absolute Gasteiger partial charge is 0.476 e. The Kier molecular flexibility index (Phi) is 5.31. The fraction of sp³-hybridized carbons (Fsp3) is 0.0417. The average Bonchev–Trinajstić information content (AvgIpc) is 3.23. The number of imidazole rings is 1. The second kappa shape index (κ2) is 8.08. The Hall–Kier alpha value is -3.90. The molecule has 4 rings (SSSR count). The van der Waals surface area contributed by atoms with Crippen molar-refractivity contribution in [3.8, 4) is 0 Å². The maximum atomic E-state index is 12.3. The SMILES string of the molecule is O=C(O)c1ncn(C(c2ccccc2)(c2ccccc2)c2ccccc2Cl)c1C(=O)O. The Labute approximate surface area is 183 Å². The standard InChI is InChI=1S/C24H17ClN2O4/c25-19-14-8-7-13-18(19)24(16-9-3-1-4-10-16,17-11-5-2-6-12-17)27-15-26-20(22(28)29)21(27)23(30)31/h1-15H,(H,28,29)(H,30,31). The van der Waals surface area contributed by atoms with E-state index in [1.165, 1.54) is 10.9 Å². The highest BCUT2D eigenvalue weighted by Crippen LogP contribution is 2.44. The summed E-state index contributed by atoms with van der Waals surface area (Å²) in [5.41, 5.74) is -0.283. The number of carbonyl (C=O) groups is 2. The predicted octanol–water partition coefficient (Wildman–Crippen LogP) is 4.77. The van der Waals surface area contributed by atoms with E-state index in [0.29, 0.717) is 21.7 Å². The molecule has 154 valence electrons. The van der Waals surface area contributed by atoms with Crippen molar-refractivity contribution in [2.45, 2.75) is 5.54 Å². The van der Waals surface area contributed by atoms with E-state index >= 15 is 0 Å². The van der Waals surface area contributed by atoms with Crippen molar-refractivity contribution in [1.29, 1.82) is 0 Å². The van der Waals surface area contributed by atoms with Crippen LogP contribution in [0.15, 0.2) is 91.3 Å². The molecule has 31 heavy (non-hydrogen) atoms. The monoisotopic (exact) mass is 432 g/mol. The molecular formula is C24H17ClN2O4. The molecule has 0 fully saturated rings. The first-order valence-corrected chi connectivity index (χ1v) is 9.76. The highest BCUT2D eigenvalue weighted by atomic mass is 35.5. The minimum absolute atomic E-state index is 0.400. The zero-order valence-electron chi connectivity index (χ0n) is 16.1. The predicted molar refractivity (Wildman–Crippen MR) is 116 cm³/mol. The van der Waals surface area contributed by atoms with Crippen molar-refractivity contribution in [3.05, 3.63) is 124 Å². The van der Waals surface area contributed by atoms with E-state index < -0.39 is 28.9 Å². The first kappa shape index (κ1) is 20.4. The van der Waals surface area contributed by atoms with Crippen molar-refractivity contribution in [2.75, 3.05) is 0 Å². The number of benzene rings is 3. The number of carboxylic acid groups (broad SMARTS) is 2. The lowest BCUT2D eigenvalue weighted by Gasteiger charge is -2.38. The molecule has 2 N–H and O–H groups in total. The minimum atomic E-state index is -1.43. The first-order valence-electron chi connectivity index (χ1n) is 9.38. The second-order valence-electron chi connectivity index (χ2n) is 6.84. The number of carboxylic acids is 2. The van der Waals surface area contributed by atoms with Gasteiger partial charge in [0.2, 0.25) is 0 Å². The maximum absolute atomic E-state index is 12.3. The van der Waals surface area contributed by atoms with Crippen molar-refractivity contribution in [3.63, 3.8) is 0 Å². The van der Waals surface area contributed by atoms with Crippen LogP contribution in [0.25, 0.3) is 0 Å². The Bertz CT molecular complexity index is 1210. The zero-order valence-corrected chi connectivity index (χ0v) is 16.9. The fourth-order valence-electron chi connectivity index (χ4n) is 3.96. The molecular weight excluding hydrogens is 416 g/mol. The number of aromatic carboxylic acids is 2. The molecule has 0 radical (unpaired) electrons. The summed E-state index contributed by atoms with van der Waals surface area (Å²) >= 11 is 6.66. The van der Waals surface area contributed by atoms with E-state index in [9.17, 15) is 19.8 Å². The number of hydrogen-bond donors (Lipinski definition) is 2. The van der Waals surface area contributed by atoms with E-state index in [2.05, 4.69) is 4.98 Å². The summed E-state index contributed by atoms with van der Waals surface area (Å²) < 4.78 is 1.38. The molecule has 6 nitrogen and oxygen atoms in total. The third-order valence-electron chi connectivity index (χ3n) is 5.18. The van der Waals surface area contributed by atoms with Crippen molar-refractivity contribution in [2.24, 2.45) is 0 Å². The second-order valence-corrected chi connectivity index (χ2v) is 7.25. The summed E-state index contributed by atoms with van der Waals surface area (Å²) in [5.74, 6) is -2.83. The Balaban J connectivity index is 2.24. The number of rotatable bonds is 6. The van der Waals surface area contributed by atoms with Crippen LogP contribution in [-0.4, -0.2) is 31.7 Å². The van der Waals surface area contributed by atoms with Gasteiger partial charge < -0.3 is 14.8 Å². The van der Waals surface area contributed by atoms with Gasteiger partial charge in [0.25, 0.3) is 0 Å². The molecule has 0 aliphatic carbocycles. The molecule has 0 saturated heterocycles. The third-order valence-corrected chi connectivity index (χ3v) is 5.51. The van der Waals surface area contributed by atoms with Crippen LogP contribution in [0, 0.1) is 0 Å². The zero-order chi connectivity index (χ0) is 22.0. The molecule has 0 unspecified atom stereocenters. The first-order chi connectivity index (χ1) is 15.0. The van der Waals surface area contributed by atoms with Crippen molar-refractivity contribution in [1.82, 2.24) is 9.55 Å². The van der Waals surface area contributed by atoms with Crippen LogP contribution in [0.5, 0.6) is 0 Å². The summed E-state index contributed by atoms with van der Waals surface area (Å²) in [5, 5.41) is 20.0. The maximum Gasteiger partial charge on any atom is 0.357 e. The van der Waals surface area contributed by atoms with Gasteiger partial charge in [-0.05, 0) is 17.2 Å². The quantitative estimate of drug-likeness (QED) is 0.428. The van der Waals surface area contributed by atoms with Crippen molar-refractivity contribution >= 4 is 23.5 Å². The van der Waals surface area contributed by atoms with Gasteiger partial charge in [0.05, 0.1) is 6.33 Å². The van der Waals surface area contributed by atoms with Crippen LogP contribution in [0.3, 0.4) is 0 Å². The van der Waals surface area contributed by atoms with E-state index in [4.69, 9.17) is 11.6 Å². The van der Waals surface area contributed by atoms with Gasteiger partial charge in [0, 0.05) is 10.6 Å². The lowest BCUT2D eigenvalue weighted by atomic mass is 9.76.